The first kappa shape index (κ1) is 12.8. The minimum absolute atomic E-state index is 0.231. The fraction of sp³-hybridized carbons (Fsp3) is 0.154. The fourth-order valence-electron chi connectivity index (χ4n) is 1.42. The van der Waals surface area contributed by atoms with E-state index >= 15 is 0 Å². The lowest BCUT2D eigenvalue weighted by Crippen LogP contribution is -2.24. The van der Waals surface area contributed by atoms with Gasteiger partial charge in [-0.1, -0.05) is 17.0 Å². The second-order valence-electron chi connectivity index (χ2n) is 3.58. The molecule has 0 saturated carbocycles. The van der Waals surface area contributed by atoms with Crippen LogP contribution in [0, 0.1) is 11.8 Å². The second kappa shape index (κ2) is 6.33. The van der Waals surface area contributed by atoms with Crippen LogP contribution in [0.25, 0.3) is 0 Å². The van der Waals surface area contributed by atoms with Gasteiger partial charge in [-0.05, 0) is 12.1 Å². The van der Waals surface area contributed by atoms with Crippen LogP contribution in [0.5, 0.6) is 0 Å². The molecule has 2 heterocycles. The number of nitrogens with one attached hydrogen (secondary N) is 1. The van der Waals surface area contributed by atoms with Gasteiger partial charge in [-0.3, -0.25) is 4.79 Å². The Labute approximate surface area is 110 Å². The monoisotopic (exact) mass is 256 g/mol. The van der Waals surface area contributed by atoms with Crippen molar-refractivity contribution in [2.75, 3.05) is 6.54 Å². The number of carbonyl (C=O) groups is 1. The van der Waals surface area contributed by atoms with Gasteiger partial charge in [0.05, 0.1) is 18.7 Å². The molecule has 2 rings (SSSR count). The summed E-state index contributed by atoms with van der Waals surface area (Å²) in [6, 6.07) is 5.11. The van der Waals surface area contributed by atoms with Gasteiger partial charge in [-0.15, -0.1) is 0 Å². The molecule has 0 bridgehead atoms. The van der Waals surface area contributed by atoms with E-state index in [0.29, 0.717) is 11.3 Å². The molecule has 0 fully saturated rings. The lowest BCUT2D eigenvalue weighted by Gasteiger charge is -2.04. The molecule has 0 radical (unpaired) electrons. The van der Waals surface area contributed by atoms with Crippen molar-refractivity contribution in [2.45, 2.75) is 6.54 Å². The zero-order valence-electron chi connectivity index (χ0n) is 10.1. The number of pyridine rings is 1. The predicted molar refractivity (Wildman–Crippen MR) is 67.8 cm³/mol. The molecule has 3 N–H and O–H groups in total. The molecular formula is C13H12N4O2. The molecule has 6 heteroatoms. The van der Waals surface area contributed by atoms with Gasteiger partial charge in [0, 0.05) is 12.3 Å². The highest BCUT2D eigenvalue weighted by Gasteiger charge is 2.11. The lowest BCUT2D eigenvalue weighted by molar-refractivity contribution is 0.0945. The van der Waals surface area contributed by atoms with Gasteiger partial charge in [0.2, 0.25) is 0 Å². The molecule has 0 aliphatic carbocycles. The van der Waals surface area contributed by atoms with Crippen molar-refractivity contribution in [1.82, 2.24) is 15.5 Å². The third kappa shape index (κ3) is 3.40. The smallest absolute Gasteiger partial charge is 0.271 e. The second-order valence-corrected chi connectivity index (χ2v) is 3.58. The van der Waals surface area contributed by atoms with E-state index in [1.54, 1.807) is 24.4 Å². The van der Waals surface area contributed by atoms with Crippen LogP contribution < -0.4 is 11.1 Å². The molecule has 6 nitrogen and oxygen atoms in total. The van der Waals surface area contributed by atoms with Gasteiger partial charge in [0.1, 0.15) is 17.7 Å². The molecule has 0 spiro atoms. The van der Waals surface area contributed by atoms with Crippen LogP contribution in [-0.4, -0.2) is 22.6 Å². The minimum Gasteiger partial charge on any atom is -0.364 e. The maximum absolute atomic E-state index is 12.0. The third-order valence-corrected chi connectivity index (χ3v) is 2.27. The Morgan fingerprint density at radius 1 is 1.47 bits per heavy atom. The van der Waals surface area contributed by atoms with Crippen molar-refractivity contribution in [3.63, 3.8) is 0 Å². The third-order valence-electron chi connectivity index (χ3n) is 2.27. The normalized spacial score (nSPS) is 9.53. The summed E-state index contributed by atoms with van der Waals surface area (Å²) >= 11 is 0. The van der Waals surface area contributed by atoms with E-state index in [1.165, 1.54) is 6.26 Å². The van der Waals surface area contributed by atoms with Gasteiger partial charge in [-0.25, -0.2) is 4.98 Å². The van der Waals surface area contributed by atoms with Crippen LogP contribution >= 0.6 is 0 Å². The maximum Gasteiger partial charge on any atom is 0.271 e. The standard InChI is InChI=1S/C13H12N4O2/c14-6-1-3-10-4-2-7-15-12(10)13(18)16-9-11-5-8-19-17-11/h2,4-5,7-8H,6,9,14H2,(H,16,18). The number of amides is 1. The molecule has 96 valence electrons. The first-order valence-electron chi connectivity index (χ1n) is 5.62. The molecule has 0 aromatic carbocycles. The molecule has 19 heavy (non-hydrogen) atoms. The highest BCUT2D eigenvalue weighted by molar-refractivity contribution is 5.94. The first-order valence-corrected chi connectivity index (χ1v) is 5.62. The maximum atomic E-state index is 12.0. The van der Waals surface area contributed by atoms with E-state index in [9.17, 15) is 4.79 Å². The van der Waals surface area contributed by atoms with Gasteiger partial charge < -0.3 is 15.6 Å². The van der Waals surface area contributed by atoms with Crippen LogP contribution in [0.2, 0.25) is 0 Å². The summed E-state index contributed by atoms with van der Waals surface area (Å²) in [6.07, 6.45) is 2.99. The lowest BCUT2D eigenvalue weighted by atomic mass is 10.2. The fourth-order valence-corrected chi connectivity index (χ4v) is 1.42. The van der Waals surface area contributed by atoms with Crippen LogP contribution in [0.4, 0.5) is 0 Å². The highest BCUT2D eigenvalue weighted by atomic mass is 16.5. The van der Waals surface area contributed by atoms with Crippen molar-refractivity contribution in [2.24, 2.45) is 5.73 Å². The Morgan fingerprint density at radius 3 is 3.11 bits per heavy atom. The summed E-state index contributed by atoms with van der Waals surface area (Å²) in [7, 11) is 0. The van der Waals surface area contributed by atoms with E-state index in [1.807, 2.05) is 0 Å². The SMILES string of the molecule is NCC#Cc1cccnc1C(=O)NCc1ccon1. The van der Waals surface area contributed by atoms with E-state index in [4.69, 9.17) is 5.73 Å². The van der Waals surface area contributed by atoms with Crippen molar-refractivity contribution >= 4 is 5.91 Å². The summed E-state index contributed by atoms with van der Waals surface area (Å²) in [6.45, 7) is 0.505. The highest BCUT2D eigenvalue weighted by Crippen LogP contribution is 2.04. The number of rotatable bonds is 3. The number of carbonyl (C=O) groups excluding carboxylic acids is 1. The number of aromatic nitrogens is 2. The summed E-state index contributed by atoms with van der Waals surface area (Å²) in [5.41, 5.74) is 6.77. The van der Waals surface area contributed by atoms with Crippen molar-refractivity contribution in [3.05, 3.63) is 47.6 Å². The summed E-state index contributed by atoms with van der Waals surface area (Å²) in [4.78, 5) is 16.0. The zero-order valence-corrected chi connectivity index (χ0v) is 10.1. The topological polar surface area (TPSA) is 94.0 Å². The van der Waals surface area contributed by atoms with Gasteiger partial charge in [0.25, 0.3) is 5.91 Å². The Hall–Kier alpha value is -2.65. The molecule has 0 saturated heterocycles. The van der Waals surface area contributed by atoms with Crippen LogP contribution in [-0.2, 0) is 6.54 Å². The van der Waals surface area contributed by atoms with Crippen LogP contribution in [0.1, 0.15) is 21.7 Å². The molecule has 0 atom stereocenters. The van der Waals surface area contributed by atoms with Crippen LogP contribution in [0.3, 0.4) is 0 Å². The Morgan fingerprint density at radius 2 is 2.37 bits per heavy atom. The quantitative estimate of drug-likeness (QED) is 0.771. The number of hydrogen-bond acceptors (Lipinski definition) is 5. The molecule has 1 amide bonds. The average molecular weight is 256 g/mol. The van der Waals surface area contributed by atoms with E-state index in [-0.39, 0.29) is 24.7 Å². The minimum atomic E-state index is -0.315. The predicted octanol–water partition coefficient (Wildman–Crippen LogP) is 0.310. The van der Waals surface area contributed by atoms with E-state index in [0.717, 1.165) is 0 Å². The van der Waals surface area contributed by atoms with Gasteiger partial charge >= 0.3 is 0 Å². The molecule has 0 aliphatic rings. The molecule has 2 aromatic heterocycles. The molecule has 2 aromatic rings. The first-order chi connectivity index (χ1) is 9.31. The van der Waals surface area contributed by atoms with Crippen molar-refractivity contribution in [3.8, 4) is 11.8 Å². The van der Waals surface area contributed by atoms with E-state index < -0.39 is 0 Å². The van der Waals surface area contributed by atoms with Gasteiger partial charge in [-0.2, -0.15) is 0 Å². The summed E-state index contributed by atoms with van der Waals surface area (Å²) in [5.74, 6) is 5.20. The molecular weight excluding hydrogens is 244 g/mol. The Balaban J connectivity index is 2.10. The molecule has 0 aliphatic heterocycles. The van der Waals surface area contributed by atoms with E-state index in [2.05, 4.69) is 31.8 Å². The van der Waals surface area contributed by atoms with Gasteiger partial charge in [0.15, 0.2) is 0 Å². The number of nitrogens with zero attached hydrogens (tertiary/aromatic N) is 2. The Bertz CT molecular complexity index is 611. The van der Waals surface area contributed by atoms with Crippen molar-refractivity contribution in [1.29, 1.82) is 0 Å². The Kier molecular flexibility index (Phi) is 4.26. The molecule has 0 unspecified atom stereocenters. The summed E-state index contributed by atoms with van der Waals surface area (Å²) in [5, 5.41) is 6.39. The average Bonchev–Trinajstić information content (AvgIpc) is 2.96. The number of nitrogens with two attached hydrogens (primary N) is 1. The number of hydrogen-bond donors (Lipinski definition) is 2. The zero-order chi connectivity index (χ0) is 13.5. The largest absolute Gasteiger partial charge is 0.364 e. The van der Waals surface area contributed by atoms with Crippen molar-refractivity contribution < 1.29 is 9.32 Å². The van der Waals surface area contributed by atoms with Crippen LogP contribution in [0.15, 0.2) is 35.2 Å². The summed E-state index contributed by atoms with van der Waals surface area (Å²) < 4.78 is 4.68.